The third-order valence-electron chi connectivity index (χ3n) is 4.20. The zero-order valence-electron chi connectivity index (χ0n) is 12.4. The van der Waals surface area contributed by atoms with Gasteiger partial charge in [-0.2, -0.15) is 0 Å². The molecule has 1 aliphatic heterocycles. The van der Waals surface area contributed by atoms with E-state index in [0.717, 1.165) is 0 Å². The molecule has 6 nitrogen and oxygen atoms in total. The van der Waals surface area contributed by atoms with Crippen molar-refractivity contribution in [2.45, 2.75) is 31.9 Å². The van der Waals surface area contributed by atoms with E-state index >= 15 is 0 Å². The Labute approximate surface area is 118 Å². The van der Waals surface area contributed by atoms with Crippen LogP contribution in [0.1, 0.15) is 20.8 Å². The predicted molar refractivity (Wildman–Crippen MR) is 73.4 cm³/mol. The number of hydrogen-bond donors (Lipinski definition) is 2. The van der Waals surface area contributed by atoms with Gasteiger partial charge in [0.15, 0.2) is 0 Å². The van der Waals surface area contributed by atoms with Crippen LogP contribution in [0.25, 0.3) is 0 Å². The van der Waals surface area contributed by atoms with E-state index in [2.05, 4.69) is 11.9 Å². The number of ether oxygens (including phenoxy) is 1. The number of likely N-dealkylation sites (tertiary alicyclic amines) is 1. The van der Waals surface area contributed by atoms with Crippen LogP contribution in [-0.2, 0) is 9.53 Å². The Bertz CT molecular complexity index is 454. The molecule has 0 bridgehead atoms. The minimum atomic E-state index is -0.988. The monoisotopic (exact) mass is 282 g/mol. The van der Waals surface area contributed by atoms with E-state index in [1.807, 2.05) is 20.8 Å². The van der Waals surface area contributed by atoms with Gasteiger partial charge in [-0.15, -0.1) is 0 Å². The number of fused-ring (bicyclic) bond motifs is 1. The maximum atomic E-state index is 12.0. The number of nitrogens with one attached hydrogen (secondary N) is 1. The van der Waals surface area contributed by atoms with E-state index in [-0.39, 0.29) is 23.5 Å². The first-order chi connectivity index (χ1) is 9.13. The highest BCUT2D eigenvalue weighted by Crippen LogP contribution is 2.58. The summed E-state index contributed by atoms with van der Waals surface area (Å²) in [5, 5.41) is 12.2. The van der Waals surface area contributed by atoms with E-state index in [1.165, 1.54) is 0 Å². The number of hydrogen-bond acceptors (Lipinski definition) is 4. The number of nitrogens with zero attached hydrogens (tertiary/aromatic N) is 1. The molecule has 2 fully saturated rings. The molecule has 0 radical (unpaired) electrons. The lowest BCUT2D eigenvalue weighted by Gasteiger charge is -2.29. The summed E-state index contributed by atoms with van der Waals surface area (Å²) in [5.41, 5.74) is -0.905. The summed E-state index contributed by atoms with van der Waals surface area (Å²) in [6, 6.07) is 0. The maximum Gasteiger partial charge on any atom is 0.410 e. The second kappa shape index (κ2) is 4.48. The van der Waals surface area contributed by atoms with Gasteiger partial charge in [-0.3, -0.25) is 0 Å². The van der Waals surface area contributed by atoms with Gasteiger partial charge in [0.1, 0.15) is 5.60 Å². The topological polar surface area (TPSA) is 78.9 Å². The Morgan fingerprint density at radius 3 is 2.20 bits per heavy atom. The summed E-state index contributed by atoms with van der Waals surface area (Å²) in [7, 11) is 1.74. The first-order valence-electron chi connectivity index (χ1n) is 6.73. The largest absolute Gasteiger partial charge is 0.478 e. The number of aliphatic carboxylic acids is 1. The number of amides is 1. The first kappa shape index (κ1) is 14.8. The van der Waals surface area contributed by atoms with Gasteiger partial charge in [-0.05, 0) is 27.8 Å². The molecule has 0 aromatic carbocycles. The summed E-state index contributed by atoms with van der Waals surface area (Å²) in [5.74, 6) is -0.787. The van der Waals surface area contributed by atoms with Crippen LogP contribution in [-0.4, -0.2) is 53.3 Å². The molecule has 1 saturated heterocycles. The summed E-state index contributed by atoms with van der Waals surface area (Å²) in [4.78, 5) is 24.8. The summed E-state index contributed by atoms with van der Waals surface area (Å²) >= 11 is 0. The fraction of sp³-hybridized carbons (Fsp3) is 0.714. The summed E-state index contributed by atoms with van der Waals surface area (Å²) < 4.78 is 5.33. The molecule has 0 spiro atoms. The number of carboxylic acid groups (broad SMARTS) is 1. The van der Waals surface area contributed by atoms with Gasteiger partial charge in [-0.25, -0.2) is 9.59 Å². The number of piperidine rings is 1. The van der Waals surface area contributed by atoms with Crippen molar-refractivity contribution >= 4 is 12.1 Å². The van der Waals surface area contributed by atoms with Crippen LogP contribution in [0.5, 0.6) is 0 Å². The molecule has 6 heteroatoms. The van der Waals surface area contributed by atoms with Gasteiger partial charge in [0, 0.05) is 24.9 Å². The lowest BCUT2D eigenvalue weighted by molar-refractivity contribution is -0.133. The average Bonchev–Trinajstić information content (AvgIpc) is 2.69. The molecule has 0 aromatic heterocycles. The third-order valence-corrected chi connectivity index (χ3v) is 4.20. The van der Waals surface area contributed by atoms with E-state index in [0.29, 0.717) is 13.1 Å². The number of carbonyl (C=O) groups excluding carboxylic acids is 1. The highest BCUT2D eigenvalue weighted by molar-refractivity contribution is 5.90. The molecule has 1 amide bonds. The second-order valence-electron chi connectivity index (χ2n) is 6.50. The van der Waals surface area contributed by atoms with E-state index in [9.17, 15) is 9.59 Å². The second-order valence-corrected chi connectivity index (χ2v) is 6.50. The highest BCUT2D eigenvalue weighted by atomic mass is 16.6. The van der Waals surface area contributed by atoms with Gasteiger partial charge in [-0.1, -0.05) is 6.58 Å². The molecule has 2 unspecified atom stereocenters. The van der Waals surface area contributed by atoms with Crippen LogP contribution >= 0.6 is 0 Å². The molecule has 1 saturated carbocycles. The van der Waals surface area contributed by atoms with E-state index < -0.39 is 17.1 Å². The van der Waals surface area contributed by atoms with Crippen LogP contribution in [0.2, 0.25) is 0 Å². The predicted octanol–water partition coefficient (Wildman–Crippen LogP) is 1.08. The highest BCUT2D eigenvalue weighted by Gasteiger charge is 2.70. The van der Waals surface area contributed by atoms with Crippen molar-refractivity contribution in [1.82, 2.24) is 10.2 Å². The van der Waals surface area contributed by atoms with Crippen molar-refractivity contribution in [3.63, 3.8) is 0 Å². The molecule has 112 valence electrons. The van der Waals surface area contributed by atoms with Crippen molar-refractivity contribution in [3.8, 4) is 0 Å². The molecular weight excluding hydrogens is 260 g/mol. The Kier molecular flexibility index (Phi) is 3.32. The molecule has 2 rings (SSSR count). The summed E-state index contributed by atoms with van der Waals surface area (Å²) in [6.07, 6.45) is -0.337. The molecule has 1 heterocycles. The molecule has 2 N–H and O–H groups in total. The molecule has 0 aromatic rings. The zero-order chi connectivity index (χ0) is 15.3. The van der Waals surface area contributed by atoms with Crippen LogP contribution < -0.4 is 5.32 Å². The normalized spacial score (nSPS) is 31.7. The quantitative estimate of drug-likeness (QED) is 0.757. The van der Waals surface area contributed by atoms with Crippen molar-refractivity contribution in [2.24, 2.45) is 11.8 Å². The van der Waals surface area contributed by atoms with Gasteiger partial charge in [0.2, 0.25) is 0 Å². The van der Waals surface area contributed by atoms with Crippen molar-refractivity contribution < 1.29 is 19.4 Å². The fourth-order valence-corrected chi connectivity index (χ4v) is 3.25. The van der Waals surface area contributed by atoms with Gasteiger partial charge < -0.3 is 20.1 Å². The number of carboxylic acids is 1. The Morgan fingerprint density at radius 2 is 1.85 bits per heavy atom. The van der Waals surface area contributed by atoms with Gasteiger partial charge in [0.25, 0.3) is 0 Å². The van der Waals surface area contributed by atoms with E-state index in [4.69, 9.17) is 9.84 Å². The van der Waals surface area contributed by atoms with Crippen LogP contribution in [0, 0.1) is 11.8 Å². The van der Waals surface area contributed by atoms with E-state index in [1.54, 1.807) is 11.9 Å². The Morgan fingerprint density at radius 1 is 1.35 bits per heavy atom. The number of carbonyl (C=O) groups is 2. The lowest BCUT2D eigenvalue weighted by atomic mass is 10.0. The smallest absolute Gasteiger partial charge is 0.410 e. The van der Waals surface area contributed by atoms with Crippen molar-refractivity contribution in [3.05, 3.63) is 12.2 Å². The van der Waals surface area contributed by atoms with Crippen LogP contribution in [0.3, 0.4) is 0 Å². The van der Waals surface area contributed by atoms with Crippen molar-refractivity contribution in [1.29, 1.82) is 0 Å². The molecule has 2 aliphatic rings. The minimum Gasteiger partial charge on any atom is -0.478 e. The molecular formula is C14H22N2O4. The zero-order valence-corrected chi connectivity index (χ0v) is 12.4. The molecule has 3 atom stereocenters. The van der Waals surface area contributed by atoms with Crippen LogP contribution in [0.4, 0.5) is 4.79 Å². The Hall–Kier alpha value is -1.56. The van der Waals surface area contributed by atoms with Crippen molar-refractivity contribution in [2.75, 3.05) is 20.1 Å². The first-order valence-corrected chi connectivity index (χ1v) is 6.73. The fourth-order valence-electron chi connectivity index (χ4n) is 3.25. The summed E-state index contributed by atoms with van der Waals surface area (Å²) in [6.45, 7) is 10.2. The van der Waals surface area contributed by atoms with Crippen LogP contribution in [0.15, 0.2) is 12.2 Å². The SMILES string of the molecule is C=C(C(=O)O)C1(NC)C2CN(C(=O)OC(C)(C)C)C[C@@H]21. The minimum absolute atomic E-state index is 0.101. The number of likely N-dealkylation sites (N-methyl/N-ethyl adjacent to an activating group) is 1. The third kappa shape index (κ3) is 2.18. The molecule has 1 aliphatic carbocycles. The average molecular weight is 282 g/mol. The van der Waals surface area contributed by atoms with Gasteiger partial charge >= 0.3 is 12.1 Å². The standard InChI is InChI=1S/C14H22N2O4/c1-8(11(17)18)14(15-5)9-6-16(7-10(9)14)12(19)20-13(2,3)4/h9-10,15H,1,6-7H2,2-5H3,(H,17,18)/t9-,10?,14?/m0/s1. The maximum absolute atomic E-state index is 12.0. The Balaban J connectivity index is 2.01. The molecule has 20 heavy (non-hydrogen) atoms. The number of rotatable bonds is 3. The van der Waals surface area contributed by atoms with Gasteiger partial charge in [0.05, 0.1) is 11.1 Å². The lowest BCUT2D eigenvalue weighted by Crippen LogP contribution is -2.45.